The summed E-state index contributed by atoms with van der Waals surface area (Å²) in [4.78, 5) is 0. The lowest BCUT2D eigenvalue weighted by atomic mass is 9.95. The number of nitrogens with two attached hydrogens (primary N) is 1. The Kier molecular flexibility index (Phi) is 3.63. The molecule has 84 valence electrons. The highest BCUT2D eigenvalue weighted by molar-refractivity contribution is 5.46. The third-order valence-corrected chi connectivity index (χ3v) is 2.09. The zero-order chi connectivity index (χ0) is 11.5. The van der Waals surface area contributed by atoms with Crippen molar-refractivity contribution in [3.05, 3.63) is 29.7 Å². The molecule has 0 aliphatic carbocycles. The molecule has 0 fully saturated rings. The molecule has 0 aromatic carbocycles. The molecular formula is C11H15F2NO. The highest BCUT2D eigenvalue weighted by Crippen LogP contribution is 2.22. The van der Waals surface area contributed by atoms with E-state index in [9.17, 15) is 8.78 Å². The van der Waals surface area contributed by atoms with Gasteiger partial charge in [-0.3, -0.25) is 0 Å². The first-order valence-corrected chi connectivity index (χ1v) is 4.69. The summed E-state index contributed by atoms with van der Waals surface area (Å²) in [5, 5.41) is 0. The third kappa shape index (κ3) is 3.47. The normalized spacial score (nSPS) is 16.8. The van der Waals surface area contributed by atoms with Crippen LogP contribution in [0.15, 0.2) is 28.4 Å². The first kappa shape index (κ1) is 11.9. The fraction of sp³-hybridized carbons (Fsp3) is 0.455. The molecule has 0 aliphatic heterocycles. The SMILES string of the molecule is C/C(=C\c1ccco1)CC(C)(N)C(F)F. The molecule has 0 bridgehead atoms. The van der Waals surface area contributed by atoms with Gasteiger partial charge in [-0.1, -0.05) is 5.57 Å². The van der Waals surface area contributed by atoms with Crippen molar-refractivity contribution in [1.82, 2.24) is 0 Å². The number of furan rings is 1. The second-order valence-electron chi connectivity index (χ2n) is 3.99. The van der Waals surface area contributed by atoms with Crippen molar-refractivity contribution in [2.24, 2.45) is 5.73 Å². The minimum atomic E-state index is -2.53. The molecule has 0 radical (unpaired) electrons. The van der Waals surface area contributed by atoms with Crippen LogP contribution in [0.4, 0.5) is 8.78 Å². The van der Waals surface area contributed by atoms with E-state index in [0.29, 0.717) is 5.76 Å². The summed E-state index contributed by atoms with van der Waals surface area (Å²) in [6.07, 6.45) is 0.865. The Morgan fingerprint density at radius 3 is 2.80 bits per heavy atom. The smallest absolute Gasteiger partial charge is 0.256 e. The molecule has 0 saturated heterocycles. The molecule has 2 N–H and O–H groups in total. The fourth-order valence-electron chi connectivity index (χ4n) is 1.35. The van der Waals surface area contributed by atoms with Crippen LogP contribution in [0.2, 0.25) is 0 Å². The Bertz CT molecular complexity index is 328. The first-order valence-electron chi connectivity index (χ1n) is 4.69. The van der Waals surface area contributed by atoms with E-state index in [1.54, 1.807) is 25.1 Å². The molecule has 0 spiro atoms. The van der Waals surface area contributed by atoms with Gasteiger partial charge >= 0.3 is 0 Å². The standard InChI is InChI=1S/C11H15F2NO/c1-8(6-9-4-3-5-15-9)7-11(2,14)10(12)13/h3-6,10H,7,14H2,1-2H3/b8-6+. The maximum Gasteiger partial charge on any atom is 0.256 e. The van der Waals surface area contributed by atoms with E-state index in [1.807, 2.05) is 0 Å². The minimum absolute atomic E-state index is 0.144. The predicted octanol–water partition coefficient (Wildman–Crippen LogP) is 3.06. The lowest BCUT2D eigenvalue weighted by Gasteiger charge is -2.23. The fourth-order valence-corrected chi connectivity index (χ4v) is 1.35. The van der Waals surface area contributed by atoms with Gasteiger partial charge in [0.1, 0.15) is 5.76 Å². The van der Waals surface area contributed by atoms with Crippen molar-refractivity contribution in [3.63, 3.8) is 0 Å². The van der Waals surface area contributed by atoms with Crippen LogP contribution in [0.1, 0.15) is 26.0 Å². The van der Waals surface area contributed by atoms with Crippen molar-refractivity contribution in [3.8, 4) is 0 Å². The van der Waals surface area contributed by atoms with Crippen LogP contribution >= 0.6 is 0 Å². The van der Waals surface area contributed by atoms with Crippen LogP contribution in [0.25, 0.3) is 6.08 Å². The Labute approximate surface area is 87.8 Å². The van der Waals surface area contributed by atoms with E-state index in [2.05, 4.69) is 0 Å². The van der Waals surface area contributed by atoms with Crippen LogP contribution < -0.4 is 5.73 Å². The highest BCUT2D eigenvalue weighted by Gasteiger charge is 2.30. The first-order chi connectivity index (χ1) is 6.92. The summed E-state index contributed by atoms with van der Waals surface area (Å²) in [7, 11) is 0. The van der Waals surface area contributed by atoms with Crippen LogP contribution in [0.3, 0.4) is 0 Å². The second kappa shape index (κ2) is 4.57. The summed E-state index contributed by atoms with van der Waals surface area (Å²) in [5.74, 6) is 0.651. The second-order valence-corrected chi connectivity index (χ2v) is 3.99. The van der Waals surface area contributed by atoms with Crippen molar-refractivity contribution in [1.29, 1.82) is 0 Å². The lowest BCUT2D eigenvalue weighted by Crippen LogP contribution is -2.43. The molecule has 1 unspecified atom stereocenters. The molecule has 0 saturated carbocycles. The zero-order valence-corrected chi connectivity index (χ0v) is 8.84. The van der Waals surface area contributed by atoms with Gasteiger partial charge in [0.05, 0.1) is 11.8 Å². The predicted molar refractivity (Wildman–Crippen MR) is 55.6 cm³/mol. The monoisotopic (exact) mass is 215 g/mol. The highest BCUT2D eigenvalue weighted by atomic mass is 19.3. The largest absolute Gasteiger partial charge is 0.465 e. The minimum Gasteiger partial charge on any atom is -0.465 e. The summed E-state index contributed by atoms with van der Waals surface area (Å²) in [6, 6.07) is 3.51. The molecule has 1 aromatic heterocycles. The van der Waals surface area contributed by atoms with Crippen LogP contribution in [0.5, 0.6) is 0 Å². The van der Waals surface area contributed by atoms with E-state index in [-0.39, 0.29) is 6.42 Å². The molecule has 2 nitrogen and oxygen atoms in total. The maximum atomic E-state index is 12.5. The van der Waals surface area contributed by atoms with E-state index in [1.165, 1.54) is 13.2 Å². The van der Waals surface area contributed by atoms with E-state index in [4.69, 9.17) is 10.2 Å². The number of halogens is 2. The van der Waals surface area contributed by atoms with E-state index in [0.717, 1.165) is 5.57 Å². The molecule has 1 rings (SSSR count). The van der Waals surface area contributed by atoms with Crippen LogP contribution in [-0.4, -0.2) is 12.0 Å². The number of hydrogen-bond acceptors (Lipinski definition) is 2. The maximum absolute atomic E-state index is 12.5. The van der Waals surface area contributed by atoms with Crippen molar-refractivity contribution in [2.75, 3.05) is 0 Å². The van der Waals surface area contributed by atoms with Crippen molar-refractivity contribution < 1.29 is 13.2 Å². The Morgan fingerprint density at radius 1 is 1.67 bits per heavy atom. The summed E-state index contributed by atoms with van der Waals surface area (Å²) in [5.41, 5.74) is 4.76. The van der Waals surface area contributed by atoms with Gasteiger partial charge in [-0.05, 0) is 38.5 Å². The van der Waals surface area contributed by atoms with Gasteiger partial charge in [0.25, 0.3) is 6.43 Å². The van der Waals surface area contributed by atoms with E-state index < -0.39 is 12.0 Å². The van der Waals surface area contributed by atoms with Gasteiger partial charge in [0.2, 0.25) is 0 Å². The van der Waals surface area contributed by atoms with Gasteiger partial charge in [-0.15, -0.1) is 0 Å². The Hall–Kier alpha value is -1.16. The van der Waals surface area contributed by atoms with Crippen LogP contribution in [0, 0.1) is 0 Å². The van der Waals surface area contributed by atoms with Crippen molar-refractivity contribution in [2.45, 2.75) is 32.2 Å². The molecule has 0 amide bonds. The van der Waals surface area contributed by atoms with Gasteiger partial charge < -0.3 is 10.2 Å². The van der Waals surface area contributed by atoms with Gasteiger partial charge in [0.15, 0.2) is 0 Å². The quantitative estimate of drug-likeness (QED) is 0.838. The molecular weight excluding hydrogens is 200 g/mol. The van der Waals surface area contributed by atoms with E-state index >= 15 is 0 Å². The summed E-state index contributed by atoms with van der Waals surface area (Å²) in [6.45, 7) is 3.10. The molecule has 1 aromatic rings. The average molecular weight is 215 g/mol. The Balaban J connectivity index is 2.67. The average Bonchev–Trinajstić information content (AvgIpc) is 2.54. The summed E-state index contributed by atoms with van der Waals surface area (Å²) < 4.78 is 30.0. The van der Waals surface area contributed by atoms with Crippen molar-refractivity contribution >= 4 is 6.08 Å². The van der Waals surface area contributed by atoms with Gasteiger partial charge in [-0.25, -0.2) is 8.78 Å². The topological polar surface area (TPSA) is 39.2 Å². The number of hydrogen-bond donors (Lipinski definition) is 1. The zero-order valence-electron chi connectivity index (χ0n) is 8.84. The third-order valence-electron chi connectivity index (χ3n) is 2.09. The number of rotatable bonds is 4. The van der Waals surface area contributed by atoms with Crippen LogP contribution in [-0.2, 0) is 0 Å². The molecule has 0 aliphatic rings. The molecule has 4 heteroatoms. The lowest BCUT2D eigenvalue weighted by molar-refractivity contribution is 0.0640. The summed E-state index contributed by atoms with van der Waals surface area (Å²) >= 11 is 0. The van der Waals surface area contributed by atoms with Gasteiger partial charge in [-0.2, -0.15) is 0 Å². The number of alkyl halides is 2. The molecule has 15 heavy (non-hydrogen) atoms. The Morgan fingerprint density at radius 2 is 2.33 bits per heavy atom. The molecule has 1 heterocycles. The molecule has 1 atom stereocenters. The van der Waals surface area contributed by atoms with Gasteiger partial charge in [0, 0.05) is 0 Å².